The lowest BCUT2D eigenvalue weighted by molar-refractivity contribution is 0.563. The van der Waals surface area contributed by atoms with Crippen LogP contribution in [0.25, 0.3) is 21.5 Å². The SMILES string of the molecule is CCCCCCCCCCCCSCCc1cccc2cc3c(CCSCCCCCCCCCCCC)cccc3cc12. The maximum absolute atomic E-state index is 2.48. The van der Waals surface area contributed by atoms with Gasteiger partial charge in [0, 0.05) is 0 Å². The third kappa shape index (κ3) is 15.4. The summed E-state index contributed by atoms with van der Waals surface area (Å²) in [5.41, 5.74) is 3.05. The Morgan fingerprint density at radius 1 is 0.386 bits per heavy atom. The Balaban J connectivity index is 1.32. The van der Waals surface area contributed by atoms with E-state index in [0.717, 1.165) is 0 Å². The van der Waals surface area contributed by atoms with Crippen molar-refractivity contribution < 1.29 is 0 Å². The van der Waals surface area contributed by atoms with E-state index in [1.54, 1.807) is 0 Å². The largest absolute Gasteiger partial charge is 0.162 e. The zero-order chi connectivity index (χ0) is 30.9. The van der Waals surface area contributed by atoms with E-state index in [2.05, 4.69) is 85.9 Å². The average molecular weight is 635 g/mol. The van der Waals surface area contributed by atoms with Gasteiger partial charge >= 0.3 is 0 Å². The van der Waals surface area contributed by atoms with Crippen LogP contribution in [0.1, 0.15) is 153 Å². The van der Waals surface area contributed by atoms with E-state index in [1.165, 1.54) is 197 Å². The van der Waals surface area contributed by atoms with Crippen molar-refractivity contribution >= 4 is 45.1 Å². The molecule has 0 aliphatic heterocycles. The number of aryl methyl sites for hydroxylation is 2. The van der Waals surface area contributed by atoms with Crippen LogP contribution in [0.3, 0.4) is 0 Å². The van der Waals surface area contributed by atoms with E-state index in [-0.39, 0.29) is 0 Å². The maximum atomic E-state index is 2.48. The van der Waals surface area contributed by atoms with Crippen LogP contribution in [0.4, 0.5) is 0 Å². The molecule has 3 aromatic rings. The Kier molecular flexibility index (Phi) is 21.2. The number of thioether (sulfide) groups is 2. The van der Waals surface area contributed by atoms with E-state index < -0.39 is 0 Å². The summed E-state index contributed by atoms with van der Waals surface area (Å²) >= 11 is 4.32. The molecule has 0 N–H and O–H groups in total. The number of benzene rings is 3. The second-order valence-electron chi connectivity index (χ2n) is 13.2. The Hall–Kier alpha value is -1.12. The molecule has 0 saturated heterocycles. The highest BCUT2D eigenvalue weighted by Gasteiger charge is 2.07. The molecule has 0 amide bonds. The van der Waals surface area contributed by atoms with Gasteiger partial charge in [-0.15, -0.1) is 0 Å². The van der Waals surface area contributed by atoms with Crippen molar-refractivity contribution in [2.24, 2.45) is 0 Å². The molecule has 0 heterocycles. The normalized spacial score (nSPS) is 11.7. The van der Waals surface area contributed by atoms with Gasteiger partial charge < -0.3 is 0 Å². The molecule has 0 fully saturated rings. The highest BCUT2D eigenvalue weighted by Crippen LogP contribution is 2.29. The van der Waals surface area contributed by atoms with Gasteiger partial charge in [0.2, 0.25) is 0 Å². The third-order valence-corrected chi connectivity index (χ3v) is 11.5. The van der Waals surface area contributed by atoms with Gasteiger partial charge in [0.1, 0.15) is 0 Å². The predicted octanol–water partition coefficient (Wildman–Crippen LogP) is 14.4. The summed E-state index contributed by atoms with van der Waals surface area (Å²) in [5.74, 6) is 5.13. The van der Waals surface area contributed by atoms with Crippen LogP contribution >= 0.6 is 23.5 Å². The van der Waals surface area contributed by atoms with E-state index >= 15 is 0 Å². The number of fused-ring (bicyclic) bond motifs is 2. The second kappa shape index (κ2) is 25.0. The molecule has 0 nitrogen and oxygen atoms in total. The standard InChI is InChI=1S/C42H66S2/c1-3-5-7-9-11-13-15-17-19-21-31-43-33-29-37-25-23-27-39-36-42-38(26-24-28-40(42)35-41(37)39)30-34-44-32-22-20-18-16-14-12-10-8-6-4-2/h23-28,35-36H,3-22,29-34H2,1-2H3. The van der Waals surface area contributed by atoms with Gasteiger partial charge in [-0.1, -0.05) is 166 Å². The number of unbranched alkanes of at least 4 members (excludes halogenated alkanes) is 18. The van der Waals surface area contributed by atoms with Crippen LogP contribution in [0, 0.1) is 0 Å². The molecule has 0 radical (unpaired) electrons. The third-order valence-electron chi connectivity index (χ3n) is 9.38. The van der Waals surface area contributed by atoms with E-state index in [9.17, 15) is 0 Å². The van der Waals surface area contributed by atoms with Gasteiger partial charge in [0.15, 0.2) is 0 Å². The van der Waals surface area contributed by atoms with Gasteiger partial charge in [-0.05, 0) is 93.5 Å². The smallest absolute Gasteiger partial charge is 0.00268 e. The minimum absolute atomic E-state index is 1.18. The highest BCUT2D eigenvalue weighted by molar-refractivity contribution is 7.99. The quantitative estimate of drug-likeness (QED) is 0.0576. The molecule has 0 bridgehead atoms. The highest BCUT2D eigenvalue weighted by atomic mass is 32.2. The van der Waals surface area contributed by atoms with Crippen LogP contribution in [0.5, 0.6) is 0 Å². The van der Waals surface area contributed by atoms with Crippen LogP contribution in [-0.2, 0) is 12.8 Å². The van der Waals surface area contributed by atoms with E-state index in [1.807, 2.05) is 0 Å². The topological polar surface area (TPSA) is 0 Å². The number of hydrogen-bond acceptors (Lipinski definition) is 2. The lowest BCUT2D eigenvalue weighted by Crippen LogP contribution is -1.94. The van der Waals surface area contributed by atoms with E-state index in [4.69, 9.17) is 0 Å². The molecule has 3 aromatic carbocycles. The Morgan fingerprint density at radius 2 is 0.727 bits per heavy atom. The minimum Gasteiger partial charge on any atom is -0.162 e. The fourth-order valence-corrected chi connectivity index (χ4v) is 8.52. The van der Waals surface area contributed by atoms with Gasteiger partial charge in [0.05, 0.1) is 0 Å². The lowest BCUT2D eigenvalue weighted by Gasteiger charge is -2.12. The fraction of sp³-hybridized carbons (Fsp3) is 0.667. The fourth-order valence-electron chi connectivity index (χ4n) is 6.57. The maximum Gasteiger partial charge on any atom is -0.00268 e. The first-order valence-electron chi connectivity index (χ1n) is 18.9. The van der Waals surface area contributed by atoms with Crippen molar-refractivity contribution in [2.75, 3.05) is 23.0 Å². The molecular weight excluding hydrogens is 569 g/mol. The van der Waals surface area contributed by atoms with Crippen LogP contribution in [-0.4, -0.2) is 23.0 Å². The molecular formula is C42H66S2. The minimum atomic E-state index is 1.18. The van der Waals surface area contributed by atoms with Crippen molar-refractivity contribution in [1.82, 2.24) is 0 Å². The van der Waals surface area contributed by atoms with Gasteiger partial charge in [0.25, 0.3) is 0 Å². The lowest BCUT2D eigenvalue weighted by atomic mass is 9.95. The summed E-state index contributed by atoms with van der Waals surface area (Å²) in [7, 11) is 0. The molecule has 44 heavy (non-hydrogen) atoms. The summed E-state index contributed by atoms with van der Waals surface area (Å²) in [6, 6.07) is 18.9. The van der Waals surface area contributed by atoms with Gasteiger partial charge in [-0.2, -0.15) is 23.5 Å². The number of rotatable bonds is 28. The summed E-state index contributed by atoms with van der Waals surface area (Å²) in [5, 5.41) is 5.76. The molecule has 0 aromatic heterocycles. The van der Waals surface area contributed by atoms with Crippen molar-refractivity contribution in [1.29, 1.82) is 0 Å². The molecule has 0 spiro atoms. The predicted molar refractivity (Wildman–Crippen MR) is 207 cm³/mol. The average Bonchev–Trinajstić information content (AvgIpc) is 3.04. The molecule has 0 atom stereocenters. The Bertz CT molecular complexity index is 1030. The second-order valence-corrected chi connectivity index (χ2v) is 15.7. The van der Waals surface area contributed by atoms with Gasteiger partial charge in [-0.3, -0.25) is 0 Å². The summed E-state index contributed by atoms with van der Waals surface area (Å²) in [4.78, 5) is 0. The van der Waals surface area contributed by atoms with Crippen LogP contribution < -0.4 is 0 Å². The first-order chi connectivity index (χ1) is 21.8. The number of hydrogen-bond donors (Lipinski definition) is 0. The zero-order valence-electron chi connectivity index (χ0n) is 28.8. The Labute approximate surface area is 281 Å². The monoisotopic (exact) mass is 634 g/mol. The zero-order valence-corrected chi connectivity index (χ0v) is 30.5. The first kappa shape index (κ1) is 37.3. The van der Waals surface area contributed by atoms with Crippen LogP contribution in [0.2, 0.25) is 0 Å². The van der Waals surface area contributed by atoms with Gasteiger partial charge in [-0.25, -0.2) is 0 Å². The van der Waals surface area contributed by atoms with Crippen molar-refractivity contribution in [3.8, 4) is 0 Å². The summed E-state index contributed by atoms with van der Waals surface area (Å²) < 4.78 is 0. The Morgan fingerprint density at radius 3 is 1.09 bits per heavy atom. The van der Waals surface area contributed by atoms with Crippen molar-refractivity contribution in [3.05, 3.63) is 59.7 Å². The van der Waals surface area contributed by atoms with Crippen molar-refractivity contribution in [3.63, 3.8) is 0 Å². The van der Waals surface area contributed by atoms with E-state index in [0.29, 0.717) is 0 Å². The molecule has 2 heteroatoms. The molecule has 0 aliphatic rings. The molecule has 0 aliphatic carbocycles. The summed E-state index contributed by atoms with van der Waals surface area (Å²) in [6.45, 7) is 4.61. The summed E-state index contributed by atoms with van der Waals surface area (Å²) in [6.07, 6.45) is 30.9. The molecule has 3 rings (SSSR count). The first-order valence-corrected chi connectivity index (χ1v) is 21.2. The molecule has 246 valence electrons. The van der Waals surface area contributed by atoms with Crippen LogP contribution in [0.15, 0.2) is 48.5 Å². The molecule has 0 unspecified atom stereocenters. The molecule has 0 saturated carbocycles. The van der Waals surface area contributed by atoms with Crippen molar-refractivity contribution in [2.45, 2.75) is 155 Å².